The molecule has 4 nitrogen and oxygen atoms in total. The van der Waals surface area contributed by atoms with E-state index in [0.29, 0.717) is 12.5 Å². The highest BCUT2D eigenvalue weighted by Crippen LogP contribution is 2.34. The summed E-state index contributed by atoms with van der Waals surface area (Å²) in [6.07, 6.45) is 1.24. The molecule has 1 fully saturated rings. The van der Waals surface area contributed by atoms with Crippen LogP contribution >= 0.6 is 0 Å². The lowest BCUT2D eigenvalue weighted by Crippen LogP contribution is -2.10. The molecular formula is C14H19N3O. The van der Waals surface area contributed by atoms with Gasteiger partial charge in [0.05, 0.1) is 11.0 Å². The fraction of sp³-hybridized carbons (Fsp3) is 0.500. The Balaban J connectivity index is 2.10. The number of hydrogen-bond donors (Lipinski definition) is 1. The van der Waals surface area contributed by atoms with Gasteiger partial charge in [-0.1, -0.05) is 13.0 Å². The Morgan fingerprint density at radius 3 is 3.00 bits per heavy atom. The zero-order valence-electron chi connectivity index (χ0n) is 10.9. The number of aromatic nitrogens is 2. The number of imidazole rings is 1. The highest BCUT2D eigenvalue weighted by atomic mass is 16.5. The third-order valence-corrected chi connectivity index (χ3v) is 3.86. The van der Waals surface area contributed by atoms with Gasteiger partial charge < -0.3 is 15.0 Å². The summed E-state index contributed by atoms with van der Waals surface area (Å²) in [5.74, 6) is 1.57. The zero-order valence-corrected chi connectivity index (χ0v) is 10.9. The van der Waals surface area contributed by atoms with Crippen LogP contribution in [-0.4, -0.2) is 16.2 Å². The highest BCUT2D eigenvalue weighted by molar-refractivity contribution is 5.77. The average Bonchev–Trinajstić information content (AvgIpc) is 2.93. The van der Waals surface area contributed by atoms with Gasteiger partial charge >= 0.3 is 0 Å². The van der Waals surface area contributed by atoms with E-state index in [-0.39, 0.29) is 6.10 Å². The van der Waals surface area contributed by atoms with Gasteiger partial charge in [0.1, 0.15) is 11.9 Å². The first-order chi connectivity index (χ1) is 8.70. The second-order valence-corrected chi connectivity index (χ2v) is 5.11. The molecular weight excluding hydrogens is 226 g/mol. The van der Waals surface area contributed by atoms with Gasteiger partial charge in [-0.2, -0.15) is 0 Å². The van der Waals surface area contributed by atoms with Crippen LogP contribution in [0.5, 0.6) is 0 Å². The maximum atomic E-state index is 5.81. The SMILES string of the molecule is CC1CCOC1c1nc2cc(CN)ccc2n1C. The first-order valence-electron chi connectivity index (χ1n) is 6.47. The van der Waals surface area contributed by atoms with Crippen LogP contribution in [0.3, 0.4) is 0 Å². The van der Waals surface area contributed by atoms with Crippen LogP contribution in [0.1, 0.15) is 30.8 Å². The van der Waals surface area contributed by atoms with Crippen LogP contribution in [-0.2, 0) is 18.3 Å². The van der Waals surface area contributed by atoms with Crippen LogP contribution in [0.25, 0.3) is 11.0 Å². The van der Waals surface area contributed by atoms with Gasteiger partial charge in [0.2, 0.25) is 0 Å². The topological polar surface area (TPSA) is 53.1 Å². The largest absolute Gasteiger partial charge is 0.370 e. The van der Waals surface area contributed by atoms with Crippen molar-refractivity contribution in [3.63, 3.8) is 0 Å². The Kier molecular flexibility index (Phi) is 2.84. The minimum absolute atomic E-state index is 0.128. The number of nitrogens with two attached hydrogens (primary N) is 1. The fourth-order valence-corrected chi connectivity index (χ4v) is 2.67. The Morgan fingerprint density at radius 2 is 2.33 bits per heavy atom. The molecule has 1 saturated heterocycles. The van der Waals surface area contributed by atoms with E-state index in [2.05, 4.69) is 36.7 Å². The van der Waals surface area contributed by atoms with Gasteiger partial charge in [-0.3, -0.25) is 0 Å². The molecule has 96 valence electrons. The summed E-state index contributed by atoms with van der Waals surface area (Å²) in [6.45, 7) is 3.61. The van der Waals surface area contributed by atoms with Crippen molar-refractivity contribution in [1.82, 2.24) is 9.55 Å². The second kappa shape index (κ2) is 4.37. The third kappa shape index (κ3) is 1.72. The summed E-state index contributed by atoms with van der Waals surface area (Å²) >= 11 is 0. The van der Waals surface area contributed by atoms with E-state index in [1.807, 2.05) is 0 Å². The van der Waals surface area contributed by atoms with Crippen LogP contribution in [0, 0.1) is 5.92 Å². The molecule has 4 heteroatoms. The number of nitrogens with zero attached hydrogens (tertiary/aromatic N) is 2. The summed E-state index contributed by atoms with van der Waals surface area (Å²) in [5.41, 5.74) is 8.94. The molecule has 18 heavy (non-hydrogen) atoms. The minimum atomic E-state index is 0.128. The van der Waals surface area contributed by atoms with E-state index in [9.17, 15) is 0 Å². The first kappa shape index (κ1) is 11.7. The van der Waals surface area contributed by atoms with Crippen molar-refractivity contribution in [2.45, 2.75) is 26.0 Å². The molecule has 3 rings (SSSR count). The lowest BCUT2D eigenvalue weighted by atomic mass is 10.0. The Morgan fingerprint density at radius 1 is 1.50 bits per heavy atom. The molecule has 0 spiro atoms. The summed E-state index contributed by atoms with van der Waals surface area (Å²) in [5, 5.41) is 0. The first-order valence-corrected chi connectivity index (χ1v) is 6.47. The molecule has 2 N–H and O–H groups in total. The standard InChI is InChI=1S/C14H19N3O/c1-9-5-6-18-13(9)14-16-11-7-10(8-15)3-4-12(11)17(14)2/h3-4,7,9,13H,5-6,8,15H2,1-2H3. The lowest BCUT2D eigenvalue weighted by molar-refractivity contribution is 0.0855. The van der Waals surface area contributed by atoms with Gasteiger partial charge in [-0.25, -0.2) is 4.98 Å². The van der Waals surface area contributed by atoms with Crippen molar-refractivity contribution in [2.24, 2.45) is 18.7 Å². The van der Waals surface area contributed by atoms with E-state index in [1.165, 1.54) is 0 Å². The number of fused-ring (bicyclic) bond motifs is 1. The van der Waals surface area contributed by atoms with Gasteiger partial charge in [-0.15, -0.1) is 0 Å². The minimum Gasteiger partial charge on any atom is -0.370 e. The fourth-order valence-electron chi connectivity index (χ4n) is 2.67. The van der Waals surface area contributed by atoms with E-state index in [1.54, 1.807) is 0 Å². The molecule has 2 heterocycles. The number of ether oxygens (including phenoxy) is 1. The van der Waals surface area contributed by atoms with Gasteiger partial charge in [0, 0.05) is 20.2 Å². The summed E-state index contributed by atoms with van der Waals surface area (Å²) in [6, 6.07) is 6.22. The second-order valence-electron chi connectivity index (χ2n) is 5.11. The van der Waals surface area contributed by atoms with E-state index < -0.39 is 0 Å². The molecule has 1 aliphatic rings. The number of hydrogen-bond acceptors (Lipinski definition) is 3. The summed E-state index contributed by atoms with van der Waals surface area (Å²) in [4.78, 5) is 4.74. The van der Waals surface area contributed by atoms with Crippen molar-refractivity contribution in [1.29, 1.82) is 0 Å². The number of benzene rings is 1. The van der Waals surface area contributed by atoms with Crippen LogP contribution < -0.4 is 5.73 Å². The molecule has 1 aromatic carbocycles. The van der Waals surface area contributed by atoms with E-state index in [0.717, 1.165) is 35.4 Å². The zero-order chi connectivity index (χ0) is 12.7. The highest BCUT2D eigenvalue weighted by Gasteiger charge is 2.29. The van der Waals surface area contributed by atoms with E-state index in [4.69, 9.17) is 15.5 Å². The molecule has 2 unspecified atom stereocenters. The molecule has 0 aliphatic carbocycles. The van der Waals surface area contributed by atoms with Crippen LogP contribution in [0.15, 0.2) is 18.2 Å². The van der Waals surface area contributed by atoms with Crippen molar-refractivity contribution in [3.05, 3.63) is 29.6 Å². The smallest absolute Gasteiger partial charge is 0.139 e. The normalized spacial score (nSPS) is 23.9. The lowest BCUT2D eigenvalue weighted by Gasteiger charge is -2.13. The molecule has 0 bridgehead atoms. The van der Waals surface area contributed by atoms with Crippen molar-refractivity contribution in [2.75, 3.05) is 6.61 Å². The maximum absolute atomic E-state index is 5.81. The van der Waals surface area contributed by atoms with Crippen molar-refractivity contribution in [3.8, 4) is 0 Å². The van der Waals surface area contributed by atoms with Crippen LogP contribution in [0.2, 0.25) is 0 Å². The molecule has 2 aromatic rings. The van der Waals surface area contributed by atoms with Crippen LogP contribution in [0.4, 0.5) is 0 Å². The molecule has 1 aliphatic heterocycles. The molecule has 0 saturated carbocycles. The summed E-state index contributed by atoms with van der Waals surface area (Å²) in [7, 11) is 2.06. The van der Waals surface area contributed by atoms with Gasteiger partial charge in [-0.05, 0) is 30.0 Å². The molecule has 0 radical (unpaired) electrons. The predicted molar refractivity (Wildman–Crippen MR) is 71.1 cm³/mol. The molecule has 0 amide bonds. The van der Waals surface area contributed by atoms with Gasteiger partial charge in [0.25, 0.3) is 0 Å². The quantitative estimate of drug-likeness (QED) is 0.881. The van der Waals surface area contributed by atoms with Gasteiger partial charge in [0.15, 0.2) is 0 Å². The number of aryl methyl sites for hydroxylation is 1. The monoisotopic (exact) mass is 245 g/mol. The Bertz CT molecular complexity index is 576. The molecule has 2 atom stereocenters. The maximum Gasteiger partial charge on any atom is 0.139 e. The summed E-state index contributed by atoms with van der Waals surface area (Å²) < 4.78 is 7.95. The molecule has 1 aromatic heterocycles. The predicted octanol–water partition coefficient (Wildman–Crippen LogP) is 2.13. The average molecular weight is 245 g/mol. The van der Waals surface area contributed by atoms with Crippen molar-refractivity contribution < 1.29 is 4.74 Å². The van der Waals surface area contributed by atoms with Crippen molar-refractivity contribution >= 4 is 11.0 Å². The third-order valence-electron chi connectivity index (χ3n) is 3.86. The Hall–Kier alpha value is -1.39. The number of rotatable bonds is 2. The van der Waals surface area contributed by atoms with E-state index >= 15 is 0 Å². The Labute approximate surface area is 107 Å².